The molecule has 4 nitrogen and oxygen atoms in total. The lowest BCUT2D eigenvalue weighted by molar-refractivity contribution is -0.861. The minimum absolute atomic E-state index is 0.0475. The first kappa shape index (κ1) is 17.0. The lowest BCUT2D eigenvalue weighted by atomic mass is 10.3. The predicted molar refractivity (Wildman–Crippen MR) is 72.3 cm³/mol. The molecule has 1 atom stereocenters. The molecule has 1 unspecified atom stereocenters. The average Bonchev–Trinajstić information content (AvgIpc) is 2.21. The molecule has 0 fully saturated rings. The Balaban J connectivity index is 4.36. The maximum Gasteiger partial charge on any atom is 0.276 e. The fraction of sp³-hybridized carbons (Fsp3) is 0.917. The highest BCUT2D eigenvalue weighted by molar-refractivity contribution is 7.51. The maximum atomic E-state index is 11.9. The Hall–Kier alpha value is 0.01000. The van der Waals surface area contributed by atoms with Crippen LogP contribution in [-0.2, 0) is 4.74 Å². The second-order valence-corrected chi connectivity index (χ2v) is 6.93. The number of unbranched alkanes of at least 4 members (excludes halogenated alkanes) is 2. The summed E-state index contributed by atoms with van der Waals surface area (Å²) in [5, 5.41) is 8.84. The molecule has 0 rings (SSSR count). The van der Waals surface area contributed by atoms with Crippen molar-refractivity contribution in [2.75, 3.05) is 47.1 Å². The Morgan fingerprint density at radius 2 is 1.94 bits per heavy atom. The van der Waals surface area contributed by atoms with Gasteiger partial charge in [-0.1, -0.05) is 19.8 Å². The van der Waals surface area contributed by atoms with Crippen LogP contribution in [0.2, 0.25) is 0 Å². The van der Waals surface area contributed by atoms with Crippen LogP contribution in [0, 0.1) is 0 Å². The van der Waals surface area contributed by atoms with E-state index in [0.29, 0.717) is 29.3 Å². The first-order chi connectivity index (χ1) is 7.90. The molecule has 0 bridgehead atoms. The number of rotatable bonds is 9. The van der Waals surface area contributed by atoms with Gasteiger partial charge in [0.15, 0.2) is 6.54 Å². The molecule has 0 aliphatic rings. The summed E-state index contributed by atoms with van der Waals surface area (Å²) >= 11 is 0. The Bertz CT molecular complexity index is 236. The average molecular weight is 264 g/mol. The fourth-order valence-electron chi connectivity index (χ4n) is 1.36. The third-order valence-corrected chi connectivity index (χ3v) is 3.64. The summed E-state index contributed by atoms with van der Waals surface area (Å²) in [6.07, 6.45) is 3.59. The number of quaternary nitrogens is 1. The van der Waals surface area contributed by atoms with E-state index in [9.17, 15) is 4.89 Å². The number of hydrogen-bond donors (Lipinski definition) is 1. The van der Waals surface area contributed by atoms with Gasteiger partial charge in [-0.25, -0.2) is 0 Å². The van der Waals surface area contributed by atoms with Crippen LogP contribution in [0.5, 0.6) is 0 Å². The summed E-state index contributed by atoms with van der Waals surface area (Å²) in [6.45, 7) is 3.37. The van der Waals surface area contributed by atoms with Crippen LogP contribution in [0.1, 0.15) is 26.2 Å². The van der Waals surface area contributed by atoms with Crippen LogP contribution >= 0.6 is 7.77 Å². The van der Waals surface area contributed by atoms with Gasteiger partial charge in [0.2, 0.25) is 0 Å². The second kappa shape index (κ2) is 9.01. The molecule has 17 heavy (non-hydrogen) atoms. The van der Waals surface area contributed by atoms with Gasteiger partial charge >= 0.3 is 0 Å². The molecule has 0 radical (unpaired) electrons. The van der Waals surface area contributed by atoms with Gasteiger partial charge in [0.1, 0.15) is 6.16 Å². The molecule has 5 heteroatoms. The number of ether oxygens (including phenoxy) is 1. The minimum atomic E-state index is -1.55. The lowest BCUT2D eigenvalue weighted by Crippen LogP contribution is -2.40. The van der Waals surface area contributed by atoms with Crippen LogP contribution in [0.4, 0.5) is 0 Å². The van der Waals surface area contributed by atoms with Crippen molar-refractivity contribution in [2.24, 2.45) is 0 Å². The summed E-state index contributed by atoms with van der Waals surface area (Å²) < 4.78 is 6.33. The van der Waals surface area contributed by atoms with E-state index in [2.05, 4.69) is 6.92 Å². The van der Waals surface area contributed by atoms with E-state index in [1.54, 1.807) is 0 Å². The molecule has 0 aromatic heterocycles. The summed E-state index contributed by atoms with van der Waals surface area (Å²) in [7, 11) is 4.57. The van der Waals surface area contributed by atoms with Gasteiger partial charge in [-0.05, 0) is 6.42 Å². The van der Waals surface area contributed by atoms with Crippen LogP contribution < -0.4 is 4.89 Å². The predicted octanol–water partition coefficient (Wildman–Crippen LogP) is 0.779. The lowest BCUT2D eigenvalue weighted by Gasteiger charge is -2.23. The van der Waals surface area contributed by atoms with Gasteiger partial charge in [0, 0.05) is 0 Å². The van der Waals surface area contributed by atoms with Crippen molar-refractivity contribution in [2.45, 2.75) is 26.2 Å². The first-order valence-corrected chi connectivity index (χ1v) is 7.69. The third kappa shape index (κ3) is 9.69. The maximum absolute atomic E-state index is 11.9. The zero-order valence-corrected chi connectivity index (χ0v) is 12.5. The molecule has 0 aliphatic carbocycles. The standard InChI is InChI=1S/C12H27NO3P/c1-5-6-7-9-16-12(11-13(2,3)4)17(15)10-8-14/h14H,5-11H2,1-4H3/q+1. The number of nitrogens with zero attached hydrogens (tertiary/aromatic N) is 1. The highest BCUT2D eigenvalue weighted by Crippen LogP contribution is 2.15. The zero-order chi connectivity index (χ0) is 13.3. The van der Waals surface area contributed by atoms with E-state index in [1.165, 1.54) is 0 Å². The van der Waals surface area contributed by atoms with Crippen molar-refractivity contribution in [3.05, 3.63) is 0 Å². The number of hydrogen-bond acceptors (Lipinski definition) is 3. The third-order valence-electron chi connectivity index (χ3n) is 2.21. The smallest absolute Gasteiger partial charge is 0.276 e. The molecule has 102 valence electrons. The van der Waals surface area contributed by atoms with Gasteiger partial charge in [0.25, 0.3) is 5.48 Å². The number of likely N-dealkylation sites (N-methyl/N-ethyl adjacent to an activating group) is 1. The highest BCUT2D eigenvalue weighted by Gasteiger charge is 2.20. The largest absolute Gasteiger partial charge is 0.628 e. The molecule has 0 amide bonds. The molecule has 1 N–H and O–H groups in total. The molecule has 0 aromatic carbocycles. The second-order valence-electron chi connectivity index (χ2n) is 5.22. The zero-order valence-electron chi connectivity index (χ0n) is 11.6. The highest BCUT2D eigenvalue weighted by atomic mass is 31.1. The Morgan fingerprint density at radius 1 is 1.29 bits per heavy atom. The monoisotopic (exact) mass is 264 g/mol. The summed E-state index contributed by atoms with van der Waals surface area (Å²) in [6, 6.07) is 0. The van der Waals surface area contributed by atoms with Gasteiger partial charge < -0.3 is 19.2 Å². The van der Waals surface area contributed by atoms with Crippen LogP contribution in [0.3, 0.4) is 0 Å². The molecule has 0 saturated carbocycles. The van der Waals surface area contributed by atoms with E-state index < -0.39 is 7.77 Å². The van der Waals surface area contributed by atoms with E-state index in [1.807, 2.05) is 21.1 Å². The summed E-state index contributed by atoms with van der Waals surface area (Å²) in [5.74, 6) is 0. The van der Waals surface area contributed by atoms with Crippen LogP contribution in [-0.4, -0.2) is 62.1 Å². The van der Waals surface area contributed by atoms with Crippen molar-refractivity contribution >= 4 is 13.3 Å². The van der Waals surface area contributed by atoms with Crippen molar-refractivity contribution < 1.29 is 19.2 Å². The van der Waals surface area contributed by atoms with Crippen LogP contribution in [0.15, 0.2) is 0 Å². The SMILES string of the molecule is CCCCCO/C(C[N+](C)(C)C)=[P+](\[O-])CCO. The molecule has 0 saturated heterocycles. The van der Waals surface area contributed by atoms with Crippen LogP contribution in [0.25, 0.3) is 0 Å². The molecule has 0 heterocycles. The summed E-state index contributed by atoms with van der Waals surface area (Å²) in [5.41, 5.74) is 0.651. The molecule has 0 spiro atoms. The normalized spacial score (nSPS) is 13.8. The van der Waals surface area contributed by atoms with Gasteiger partial charge in [-0.2, -0.15) is 0 Å². The van der Waals surface area contributed by atoms with E-state index in [4.69, 9.17) is 9.84 Å². The van der Waals surface area contributed by atoms with Crippen molar-refractivity contribution in [3.8, 4) is 0 Å². The van der Waals surface area contributed by atoms with Crippen molar-refractivity contribution in [1.29, 1.82) is 0 Å². The molecular weight excluding hydrogens is 237 g/mol. The Kier molecular flexibility index (Phi) is 9.01. The molecule has 0 aromatic rings. The van der Waals surface area contributed by atoms with Crippen molar-refractivity contribution in [1.82, 2.24) is 0 Å². The molecular formula is C12H27NO3P+. The van der Waals surface area contributed by atoms with Gasteiger partial charge in [-0.15, -0.1) is 0 Å². The van der Waals surface area contributed by atoms with E-state index >= 15 is 0 Å². The topological polar surface area (TPSA) is 52.5 Å². The Morgan fingerprint density at radius 3 is 2.41 bits per heavy atom. The van der Waals surface area contributed by atoms with Gasteiger partial charge in [0.05, 0.1) is 42.1 Å². The van der Waals surface area contributed by atoms with E-state index in [0.717, 1.165) is 19.3 Å². The minimum Gasteiger partial charge on any atom is -0.628 e. The number of aliphatic hydroxyl groups excluding tert-OH is 1. The fourth-order valence-corrected chi connectivity index (χ4v) is 2.61. The Labute approximate surface area is 106 Å². The van der Waals surface area contributed by atoms with E-state index in [-0.39, 0.29) is 6.61 Å². The van der Waals surface area contributed by atoms with Crippen molar-refractivity contribution in [3.63, 3.8) is 0 Å². The number of aliphatic hydroxyl groups is 1. The van der Waals surface area contributed by atoms with Gasteiger partial charge in [-0.3, -0.25) is 0 Å². The summed E-state index contributed by atoms with van der Waals surface area (Å²) in [4.78, 5) is 11.9. The quantitative estimate of drug-likeness (QED) is 0.380. The first-order valence-electron chi connectivity index (χ1n) is 6.25. The molecule has 0 aliphatic heterocycles.